The van der Waals surface area contributed by atoms with Gasteiger partial charge in [-0.2, -0.15) is 8.42 Å². The molecule has 0 saturated carbocycles. The number of nitrogens with zero attached hydrogens (tertiary/aromatic N) is 1. The van der Waals surface area contributed by atoms with Crippen LogP contribution in [0.1, 0.15) is 11.1 Å². The summed E-state index contributed by atoms with van der Waals surface area (Å²) in [6.07, 6.45) is 1.31. The SMILES string of the molecule is Cc1ccc(C2=NS(=O)(=O)NC(C(=O)CO)=C2)cc1. The number of hydrogen-bond donors (Lipinski definition) is 2. The maximum Gasteiger partial charge on any atom is 0.342 e. The molecule has 0 unspecified atom stereocenters. The van der Waals surface area contributed by atoms with Gasteiger partial charge in [-0.25, -0.2) is 0 Å². The Kier molecular flexibility index (Phi) is 3.50. The van der Waals surface area contributed by atoms with Crippen molar-refractivity contribution >= 4 is 21.7 Å². The zero-order valence-electron chi connectivity index (χ0n) is 10.1. The zero-order chi connectivity index (χ0) is 14.0. The molecule has 0 spiro atoms. The molecular weight excluding hydrogens is 268 g/mol. The highest BCUT2D eigenvalue weighted by Crippen LogP contribution is 2.13. The maximum absolute atomic E-state index is 11.6. The molecule has 0 atom stereocenters. The maximum atomic E-state index is 11.6. The number of Topliss-reactive ketones (excluding diaryl/α,β-unsaturated/α-hetero) is 1. The van der Waals surface area contributed by atoms with Crippen molar-refractivity contribution in [1.29, 1.82) is 0 Å². The second-order valence-electron chi connectivity index (χ2n) is 4.06. The number of nitrogens with one attached hydrogen (secondary N) is 1. The van der Waals surface area contributed by atoms with Crippen LogP contribution < -0.4 is 4.72 Å². The van der Waals surface area contributed by atoms with E-state index in [0.29, 0.717) is 5.56 Å². The summed E-state index contributed by atoms with van der Waals surface area (Å²) in [5.41, 5.74) is 1.58. The molecule has 1 aromatic carbocycles. The Hall–Kier alpha value is -1.99. The first-order chi connectivity index (χ1) is 8.91. The van der Waals surface area contributed by atoms with Crippen molar-refractivity contribution in [2.24, 2.45) is 4.40 Å². The molecule has 0 aliphatic carbocycles. The van der Waals surface area contributed by atoms with Gasteiger partial charge >= 0.3 is 10.2 Å². The molecule has 7 heteroatoms. The fourth-order valence-electron chi connectivity index (χ4n) is 1.57. The van der Waals surface area contributed by atoms with Crippen molar-refractivity contribution < 1.29 is 18.3 Å². The number of hydrogen-bond acceptors (Lipinski definition) is 4. The van der Waals surface area contributed by atoms with E-state index >= 15 is 0 Å². The highest BCUT2D eigenvalue weighted by molar-refractivity contribution is 7.88. The van der Waals surface area contributed by atoms with Crippen LogP contribution in [0.3, 0.4) is 0 Å². The van der Waals surface area contributed by atoms with Crippen LogP contribution in [0.2, 0.25) is 0 Å². The average molecular weight is 280 g/mol. The Morgan fingerprint density at radius 1 is 1.32 bits per heavy atom. The molecule has 1 aliphatic heterocycles. The summed E-state index contributed by atoms with van der Waals surface area (Å²) < 4.78 is 28.7. The molecular formula is C12H12N2O4S. The first kappa shape index (κ1) is 13.4. The zero-order valence-corrected chi connectivity index (χ0v) is 10.9. The molecule has 1 heterocycles. The van der Waals surface area contributed by atoms with Gasteiger partial charge in [0.1, 0.15) is 6.61 Å². The summed E-state index contributed by atoms with van der Waals surface area (Å²) >= 11 is 0. The van der Waals surface area contributed by atoms with E-state index in [9.17, 15) is 13.2 Å². The van der Waals surface area contributed by atoms with Gasteiger partial charge in [-0.1, -0.05) is 29.8 Å². The fourth-order valence-corrected chi connectivity index (χ4v) is 2.48. The van der Waals surface area contributed by atoms with E-state index in [1.807, 2.05) is 23.8 Å². The van der Waals surface area contributed by atoms with E-state index in [1.165, 1.54) is 6.08 Å². The summed E-state index contributed by atoms with van der Waals surface area (Å²) in [6, 6.07) is 7.06. The summed E-state index contributed by atoms with van der Waals surface area (Å²) in [5, 5.41) is 8.79. The number of carbonyl (C=O) groups excluding carboxylic acids is 1. The summed E-state index contributed by atoms with van der Waals surface area (Å²) in [4.78, 5) is 11.4. The molecule has 0 saturated heterocycles. The van der Waals surface area contributed by atoms with Crippen LogP contribution >= 0.6 is 0 Å². The first-order valence-corrected chi connectivity index (χ1v) is 6.91. The first-order valence-electron chi connectivity index (χ1n) is 5.47. The van der Waals surface area contributed by atoms with Gasteiger partial charge in [-0.3, -0.25) is 9.52 Å². The van der Waals surface area contributed by atoms with Crippen molar-refractivity contribution in [3.05, 3.63) is 47.2 Å². The van der Waals surface area contributed by atoms with Gasteiger partial charge in [-0.05, 0) is 13.0 Å². The second kappa shape index (κ2) is 4.94. The molecule has 0 fully saturated rings. The van der Waals surface area contributed by atoms with E-state index in [-0.39, 0.29) is 11.4 Å². The van der Waals surface area contributed by atoms with Gasteiger partial charge in [0.25, 0.3) is 0 Å². The molecule has 2 N–H and O–H groups in total. The average Bonchev–Trinajstić information content (AvgIpc) is 2.36. The standard InChI is InChI=1S/C12H12N2O4S/c1-8-2-4-9(5-3-8)10-6-11(12(16)7-15)14-19(17,18)13-10/h2-6,14-15H,7H2,1H3. The third-order valence-corrected chi connectivity index (χ3v) is 3.44. The molecule has 0 aromatic heterocycles. The van der Waals surface area contributed by atoms with Gasteiger partial charge in [0.05, 0.1) is 11.4 Å². The quantitative estimate of drug-likeness (QED) is 0.819. The fraction of sp³-hybridized carbons (Fsp3) is 0.167. The molecule has 1 aromatic rings. The van der Waals surface area contributed by atoms with Gasteiger partial charge in [0.15, 0.2) is 0 Å². The minimum Gasteiger partial charge on any atom is -0.388 e. The number of aryl methyl sites for hydroxylation is 1. The molecule has 19 heavy (non-hydrogen) atoms. The monoisotopic (exact) mass is 280 g/mol. The van der Waals surface area contributed by atoms with Gasteiger partial charge < -0.3 is 5.11 Å². The molecule has 2 rings (SSSR count). The van der Waals surface area contributed by atoms with Crippen LogP contribution in [0.25, 0.3) is 0 Å². The Morgan fingerprint density at radius 2 is 1.95 bits per heavy atom. The summed E-state index contributed by atoms with van der Waals surface area (Å²) in [5.74, 6) is -0.705. The number of rotatable bonds is 3. The highest BCUT2D eigenvalue weighted by Gasteiger charge is 2.22. The normalized spacial score (nSPS) is 17.2. The number of benzene rings is 1. The highest BCUT2D eigenvalue weighted by atomic mass is 32.2. The third kappa shape index (κ3) is 3.07. The lowest BCUT2D eigenvalue weighted by Crippen LogP contribution is -2.32. The molecule has 100 valence electrons. The van der Waals surface area contributed by atoms with E-state index in [1.54, 1.807) is 12.1 Å². The van der Waals surface area contributed by atoms with E-state index < -0.39 is 22.6 Å². The van der Waals surface area contributed by atoms with Crippen LogP contribution in [0.5, 0.6) is 0 Å². The molecule has 0 bridgehead atoms. The van der Waals surface area contributed by atoms with Gasteiger partial charge in [0.2, 0.25) is 5.78 Å². The molecule has 1 aliphatic rings. The molecule has 6 nitrogen and oxygen atoms in total. The molecule has 0 amide bonds. The predicted molar refractivity (Wildman–Crippen MR) is 69.9 cm³/mol. The van der Waals surface area contributed by atoms with Crippen LogP contribution in [-0.2, 0) is 15.0 Å². The van der Waals surface area contributed by atoms with Crippen LogP contribution in [-0.4, -0.2) is 31.6 Å². The summed E-state index contributed by atoms with van der Waals surface area (Å²) in [7, 11) is -3.96. The lowest BCUT2D eigenvalue weighted by Gasteiger charge is -2.14. The van der Waals surface area contributed by atoms with E-state index in [2.05, 4.69) is 4.40 Å². The van der Waals surface area contributed by atoms with E-state index in [4.69, 9.17) is 5.11 Å². The minimum absolute atomic E-state index is 0.163. The lowest BCUT2D eigenvalue weighted by molar-refractivity contribution is -0.118. The largest absolute Gasteiger partial charge is 0.388 e. The minimum atomic E-state index is -3.96. The number of allylic oxidation sites excluding steroid dienone is 1. The molecule has 0 radical (unpaired) electrons. The van der Waals surface area contributed by atoms with Crippen molar-refractivity contribution in [1.82, 2.24) is 4.72 Å². The Morgan fingerprint density at radius 3 is 2.53 bits per heavy atom. The smallest absolute Gasteiger partial charge is 0.342 e. The van der Waals surface area contributed by atoms with Gasteiger partial charge in [0, 0.05) is 5.56 Å². The van der Waals surface area contributed by atoms with Gasteiger partial charge in [-0.15, -0.1) is 4.40 Å². The number of carbonyl (C=O) groups is 1. The Bertz CT molecular complexity index is 672. The predicted octanol–water partition coefficient (Wildman–Crippen LogP) is 0.0774. The lowest BCUT2D eigenvalue weighted by atomic mass is 10.1. The van der Waals surface area contributed by atoms with Crippen LogP contribution in [0.4, 0.5) is 0 Å². The topological polar surface area (TPSA) is 95.8 Å². The number of ketones is 1. The van der Waals surface area contributed by atoms with Crippen molar-refractivity contribution in [2.75, 3.05) is 6.61 Å². The van der Waals surface area contributed by atoms with Crippen molar-refractivity contribution in [3.63, 3.8) is 0 Å². The van der Waals surface area contributed by atoms with Crippen LogP contribution in [0, 0.1) is 6.92 Å². The van der Waals surface area contributed by atoms with E-state index in [0.717, 1.165) is 5.56 Å². The van der Waals surface area contributed by atoms with Crippen molar-refractivity contribution in [3.8, 4) is 0 Å². The second-order valence-corrected chi connectivity index (χ2v) is 5.40. The van der Waals surface area contributed by atoms with Crippen molar-refractivity contribution in [2.45, 2.75) is 6.92 Å². The number of aliphatic hydroxyl groups excluding tert-OH is 1. The summed E-state index contributed by atoms with van der Waals surface area (Å²) in [6.45, 7) is 1.14. The Balaban J connectivity index is 2.48. The van der Waals surface area contributed by atoms with Crippen LogP contribution in [0.15, 0.2) is 40.4 Å². The third-order valence-electron chi connectivity index (χ3n) is 2.53. The number of aliphatic hydroxyl groups is 1. The Labute approximate surface area is 110 Å².